The lowest BCUT2D eigenvalue weighted by Gasteiger charge is -2.34. The van der Waals surface area contributed by atoms with E-state index in [4.69, 9.17) is 9.47 Å². The molecule has 0 unspecified atom stereocenters. The van der Waals surface area contributed by atoms with Crippen molar-refractivity contribution in [1.29, 1.82) is 0 Å². The second-order valence-electron chi connectivity index (χ2n) is 6.35. The fourth-order valence-corrected chi connectivity index (χ4v) is 4.63. The molecule has 0 saturated carbocycles. The van der Waals surface area contributed by atoms with Crippen LogP contribution in [0.5, 0.6) is 5.75 Å². The van der Waals surface area contributed by atoms with Gasteiger partial charge in [0.1, 0.15) is 10.6 Å². The lowest BCUT2D eigenvalue weighted by atomic mass is 9.99. The Morgan fingerprint density at radius 3 is 2.78 bits per heavy atom. The molecule has 1 aromatic heterocycles. The Morgan fingerprint density at radius 1 is 1.39 bits per heavy atom. The topological polar surface area (TPSA) is 42.0 Å². The molecule has 1 amide bonds. The number of carbonyl (C=O) groups is 1. The zero-order valence-corrected chi connectivity index (χ0v) is 15.0. The van der Waals surface area contributed by atoms with Gasteiger partial charge in [-0.05, 0) is 18.9 Å². The smallest absolute Gasteiger partial charge is 0.267 e. The van der Waals surface area contributed by atoms with E-state index in [1.165, 1.54) is 11.3 Å². The van der Waals surface area contributed by atoms with Crippen LogP contribution in [0.1, 0.15) is 27.9 Å². The van der Waals surface area contributed by atoms with Crippen LogP contribution in [0.2, 0.25) is 0 Å². The molecular formula is C17H26N2O3S. The maximum Gasteiger partial charge on any atom is 0.267 e. The van der Waals surface area contributed by atoms with Crippen LogP contribution in [0.25, 0.3) is 0 Å². The maximum absolute atomic E-state index is 12.9. The number of ether oxygens (including phenoxy) is 2. The molecule has 3 rings (SSSR count). The highest BCUT2D eigenvalue weighted by atomic mass is 32.1. The van der Waals surface area contributed by atoms with Crippen LogP contribution in [0, 0.1) is 12.8 Å². The van der Waals surface area contributed by atoms with Crippen LogP contribution < -0.4 is 4.74 Å². The monoisotopic (exact) mass is 338 g/mol. The first-order chi connectivity index (χ1) is 11.1. The lowest BCUT2D eigenvalue weighted by molar-refractivity contribution is 0.0103. The van der Waals surface area contributed by atoms with Crippen LogP contribution in [-0.2, 0) is 4.74 Å². The van der Waals surface area contributed by atoms with E-state index < -0.39 is 0 Å². The number of likely N-dealkylation sites (tertiary alicyclic amines) is 1. The molecule has 5 nitrogen and oxygen atoms in total. The minimum atomic E-state index is 0.120. The zero-order chi connectivity index (χ0) is 16.4. The average Bonchev–Trinajstić information content (AvgIpc) is 3.18. The van der Waals surface area contributed by atoms with Gasteiger partial charge in [-0.25, -0.2) is 0 Å². The first kappa shape index (κ1) is 16.7. The van der Waals surface area contributed by atoms with Crippen molar-refractivity contribution in [2.24, 2.45) is 5.92 Å². The third-order valence-corrected chi connectivity index (χ3v) is 5.99. The Hall–Kier alpha value is -1.11. The Morgan fingerprint density at radius 2 is 2.13 bits per heavy atom. The number of hydrogen-bond donors (Lipinski definition) is 0. The summed E-state index contributed by atoms with van der Waals surface area (Å²) in [5, 5.41) is 0. The van der Waals surface area contributed by atoms with Crippen molar-refractivity contribution in [2.75, 3.05) is 46.5 Å². The van der Waals surface area contributed by atoms with Crippen molar-refractivity contribution in [2.45, 2.75) is 26.3 Å². The highest BCUT2D eigenvalue weighted by molar-refractivity contribution is 7.14. The first-order valence-corrected chi connectivity index (χ1v) is 9.21. The van der Waals surface area contributed by atoms with E-state index in [9.17, 15) is 4.79 Å². The van der Waals surface area contributed by atoms with Crippen LogP contribution in [0.15, 0.2) is 6.07 Å². The van der Waals surface area contributed by atoms with Crippen molar-refractivity contribution in [3.05, 3.63) is 15.8 Å². The van der Waals surface area contributed by atoms with Crippen molar-refractivity contribution in [3.8, 4) is 5.75 Å². The van der Waals surface area contributed by atoms with Gasteiger partial charge in [0.25, 0.3) is 5.91 Å². The fraction of sp³-hybridized carbons (Fsp3) is 0.706. The summed E-state index contributed by atoms with van der Waals surface area (Å²) < 4.78 is 10.8. The largest absolute Gasteiger partial charge is 0.495 e. The third kappa shape index (κ3) is 3.39. The summed E-state index contributed by atoms with van der Waals surface area (Å²) in [5.41, 5.74) is 0. The van der Waals surface area contributed by atoms with E-state index in [1.54, 1.807) is 7.11 Å². The fourth-order valence-electron chi connectivity index (χ4n) is 3.68. The summed E-state index contributed by atoms with van der Waals surface area (Å²) in [5.74, 6) is 1.37. The first-order valence-electron chi connectivity index (χ1n) is 8.39. The SMILES string of the molecule is CC[C@H]1CN(C(=O)c2sc(C)cc2OC)C[C@H]1N1CCOCC1. The van der Waals surface area contributed by atoms with Crippen molar-refractivity contribution < 1.29 is 14.3 Å². The highest BCUT2D eigenvalue weighted by Gasteiger charge is 2.39. The van der Waals surface area contributed by atoms with Gasteiger partial charge in [0.2, 0.25) is 0 Å². The molecule has 0 bridgehead atoms. The van der Waals surface area contributed by atoms with E-state index in [2.05, 4.69) is 11.8 Å². The van der Waals surface area contributed by atoms with E-state index in [-0.39, 0.29) is 5.91 Å². The Kier molecular flexibility index (Phi) is 5.24. The van der Waals surface area contributed by atoms with Gasteiger partial charge in [-0.2, -0.15) is 0 Å². The van der Waals surface area contributed by atoms with Crippen LogP contribution in [-0.4, -0.2) is 68.3 Å². The Labute approximate surface area is 142 Å². The summed E-state index contributed by atoms with van der Waals surface area (Å²) >= 11 is 1.53. The number of methoxy groups -OCH3 is 1. The maximum atomic E-state index is 12.9. The molecule has 6 heteroatoms. The van der Waals surface area contributed by atoms with Gasteiger partial charge in [0.15, 0.2) is 0 Å². The summed E-state index contributed by atoms with van der Waals surface area (Å²) in [7, 11) is 1.63. The number of thiophene rings is 1. The van der Waals surface area contributed by atoms with E-state index >= 15 is 0 Å². The molecule has 2 saturated heterocycles. The third-order valence-electron chi connectivity index (χ3n) is 4.97. The van der Waals surface area contributed by atoms with Crippen molar-refractivity contribution in [3.63, 3.8) is 0 Å². The predicted molar refractivity (Wildman–Crippen MR) is 91.5 cm³/mol. The molecule has 0 aromatic carbocycles. The molecule has 2 aliphatic rings. The zero-order valence-electron chi connectivity index (χ0n) is 14.2. The lowest BCUT2D eigenvalue weighted by Crippen LogP contribution is -2.47. The number of nitrogens with zero attached hydrogens (tertiary/aromatic N) is 2. The van der Waals surface area contributed by atoms with E-state index in [1.807, 2.05) is 17.9 Å². The van der Waals surface area contributed by atoms with Gasteiger partial charge < -0.3 is 14.4 Å². The van der Waals surface area contributed by atoms with Gasteiger partial charge in [0, 0.05) is 37.1 Å². The van der Waals surface area contributed by atoms with E-state index in [0.717, 1.165) is 55.6 Å². The number of morpholine rings is 1. The summed E-state index contributed by atoms with van der Waals surface area (Å²) in [6, 6.07) is 2.41. The molecule has 0 aliphatic carbocycles. The number of rotatable bonds is 4. The molecule has 1 aromatic rings. The van der Waals surface area contributed by atoms with E-state index in [0.29, 0.717) is 17.7 Å². The van der Waals surface area contributed by atoms with Gasteiger partial charge in [-0.15, -0.1) is 11.3 Å². The number of carbonyl (C=O) groups excluding carboxylic acids is 1. The quantitative estimate of drug-likeness (QED) is 0.844. The summed E-state index contributed by atoms with van der Waals surface area (Å²) in [6.07, 6.45) is 1.10. The number of hydrogen-bond acceptors (Lipinski definition) is 5. The molecule has 23 heavy (non-hydrogen) atoms. The molecule has 2 fully saturated rings. The predicted octanol–water partition coefficient (Wildman–Crippen LogP) is 2.25. The summed E-state index contributed by atoms with van der Waals surface area (Å²) in [6.45, 7) is 9.46. The molecule has 2 atom stereocenters. The molecule has 2 aliphatic heterocycles. The minimum Gasteiger partial charge on any atom is -0.495 e. The molecule has 0 N–H and O–H groups in total. The Bertz CT molecular complexity index is 554. The Balaban J connectivity index is 1.74. The van der Waals surface area contributed by atoms with Crippen LogP contribution in [0.4, 0.5) is 0 Å². The minimum absolute atomic E-state index is 0.120. The van der Waals surface area contributed by atoms with Crippen molar-refractivity contribution >= 4 is 17.2 Å². The average molecular weight is 338 g/mol. The van der Waals surface area contributed by atoms with Crippen molar-refractivity contribution in [1.82, 2.24) is 9.80 Å². The van der Waals surface area contributed by atoms with Gasteiger partial charge in [-0.1, -0.05) is 13.3 Å². The second kappa shape index (κ2) is 7.20. The molecule has 0 radical (unpaired) electrons. The van der Waals surface area contributed by atoms with Gasteiger partial charge in [0.05, 0.1) is 20.3 Å². The standard InChI is InChI=1S/C17H26N2O3S/c1-4-13-10-19(11-14(13)18-5-7-22-8-6-18)17(20)16-15(21-3)9-12(2)23-16/h9,13-14H,4-8,10-11H2,1-3H3/t13-,14+/m0/s1. The molecule has 3 heterocycles. The van der Waals surface area contributed by atoms with Gasteiger partial charge in [-0.3, -0.25) is 9.69 Å². The number of amides is 1. The molecule has 128 valence electrons. The van der Waals surface area contributed by atoms with Gasteiger partial charge >= 0.3 is 0 Å². The summed E-state index contributed by atoms with van der Waals surface area (Å²) in [4.78, 5) is 19.3. The highest BCUT2D eigenvalue weighted by Crippen LogP contribution is 2.33. The molecular weight excluding hydrogens is 312 g/mol. The number of aryl methyl sites for hydroxylation is 1. The second-order valence-corrected chi connectivity index (χ2v) is 7.61. The normalized spacial score (nSPS) is 25.8. The molecule has 0 spiro atoms. The van der Waals surface area contributed by atoms with Crippen LogP contribution in [0.3, 0.4) is 0 Å². The van der Waals surface area contributed by atoms with Crippen LogP contribution >= 0.6 is 11.3 Å².